The summed E-state index contributed by atoms with van der Waals surface area (Å²) in [6.07, 6.45) is 4.33. The van der Waals surface area contributed by atoms with E-state index in [-0.39, 0.29) is 5.57 Å². The van der Waals surface area contributed by atoms with E-state index in [2.05, 4.69) is 5.32 Å². The first-order valence-electron chi connectivity index (χ1n) is 8.18. The lowest BCUT2D eigenvalue weighted by atomic mass is 10.1. The summed E-state index contributed by atoms with van der Waals surface area (Å²) in [5.41, 5.74) is 2.18. The third-order valence-electron chi connectivity index (χ3n) is 4.13. The summed E-state index contributed by atoms with van der Waals surface area (Å²) in [4.78, 5) is 39.2. The Morgan fingerprint density at radius 1 is 1.00 bits per heavy atom. The van der Waals surface area contributed by atoms with Crippen molar-refractivity contribution < 1.29 is 14.4 Å². The van der Waals surface area contributed by atoms with Gasteiger partial charge in [0.05, 0.1) is 5.69 Å². The second-order valence-corrected chi connectivity index (χ2v) is 6.63. The van der Waals surface area contributed by atoms with Crippen LogP contribution in [0.2, 0.25) is 0 Å². The van der Waals surface area contributed by atoms with Crippen LogP contribution in [0, 0.1) is 0 Å². The highest BCUT2D eigenvalue weighted by Gasteiger charge is 2.36. The zero-order valence-electron chi connectivity index (χ0n) is 14.5. The van der Waals surface area contributed by atoms with Gasteiger partial charge in [-0.3, -0.25) is 14.9 Å². The fraction of sp³-hybridized carbons (Fsp3) is 0.150. The number of amides is 4. The van der Waals surface area contributed by atoms with Crippen LogP contribution in [0.5, 0.6) is 0 Å². The summed E-state index contributed by atoms with van der Waals surface area (Å²) in [6, 6.07) is 13.9. The molecule has 0 atom stereocenters. The summed E-state index contributed by atoms with van der Waals surface area (Å²) < 4.78 is 0. The van der Waals surface area contributed by atoms with E-state index < -0.39 is 17.8 Å². The van der Waals surface area contributed by atoms with Gasteiger partial charge in [0.1, 0.15) is 5.57 Å². The summed E-state index contributed by atoms with van der Waals surface area (Å²) in [5, 5.41) is 2.23. The van der Waals surface area contributed by atoms with Crippen molar-refractivity contribution in [3.63, 3.8) is 0 Å². The van der Waals surface area contributed by atoms with Gasteiger partial charge in [0.2, 0.25) is 0 Å². The molecule has 0 unspecified atom stereocenters. The Balaban J connectivity index is 1.95. The fourth-order valence-electron chi connectivity index (χ4n) is 2.64. The number of carbonyl (C=O) groups is 3. The molecule has 0 aromatic heterocycles. The van der Waals surface area contributed by atoms with Gasteiger partial charge in [-0.1, -0.05) is 31.2 Å². The van der Waals surface area contributed by atoms with Crippen molar-refractivity contribution in [3.05, 3.63) is 65.2 Å². The van der Waals surface area contributed by atoms with Gasteiger partial charge < -0.3 is 0 Å². The van der Waals surface area contributed by atoms with E-state index in [9.17, 15) is 14.4 Å². The number of thioether (sulfide) groups is 1. The maximum atomic E-state index is 12.8. The van der Waals surface area contributed by atoms with Gasteiger partial charge in [-0.15, -0.1) is 11.8 Å². The van der Waals surface area contributed by atoms with Crippen molar-refractivity contribution in [3.8, 4) is 0 Å². The average molecular weight is 366 g/mol. The summed E-state index contributed by atoms with van der Waals surface area (Å²) in [6.45, 7) is 2.02. The van der Waals surface area contributed by atoms with Gasteiger partial charge in [-0.25, -0.2) is 9.69 Å². The van der Waals surface area contributed by atoms with Gasteiger partial charge >= 0.3 is 6.03 Å². The Bertz CT molecular complexity index is 886. The number of hydrogen-bond acceptors (Lipinski definition) is 4. The predicted octanol–water partition coefficient (Wildman–Crippen LogP) is 3.64. The number of hydrogen-bond donors (Lipinski definition) is 1. The molecule has 5 nitrogen and oxygen atoms in total. The number of rotatable bonds is 4. The van der Waals surface area contributed by atoms with E-state index in [1.54, 1.807) is 23.9 Å². The van der Waals surface area contributed by atoms with Crippen LogP contribution >= 0.6 is 11.8 Å². The molecule has 2 aromatic rings. The molecular weight excluding hydrogens is 348 g/mol. The minimum Gasteiger partial charge on any atom is -0.273 e. The largest absolute Gasteiger partial charge is 0.335 e. The smallest absolute Gasteiger partial charge is 0.273 e. The molecule has 4 amide bonds. The fourth-order valence-corrected chi connectivity index (χ4v) is 3.05. The highest BCUT2D eigenvalue weighted by molar-refractivity contribution is 7.98. The van der Waals surface area contributed by atoms with Crippen LogP contribution < -0.4 is 10.2 Å². The number of benzene rings is 2. The van der Waals surface area contributed by atoms with Crippen molar-refractivity contribution >= 4 is 41.4 Å². The van der Waals surface area contributed by atoms with E-state index in [1.807, 2.05) is 49.6 Å². The molecule has 1 fully saturated rings. The van der Waals surface area contributed by atoms with Crippen LogP contribution in [-0.4, -0.2) is 24.1 Å². The molecule has 1 N–H and O–H groups in total. The number of nitrogens with one attached hydrogen (secondary N) is 1. The zero-order valence-corrected chi connectivity index (χ0v) is 15.3. The van der Waals surface area contributed by atoms with Crippen LogP contribution in [-0.2, 0) is 16.0 Å². The van der Waals surface area contributed by atoms with E-state index in [0.717, 1.165) is 27.3 Å². The van der Waals surface area contributed by atoms with Gasteiger partial charge in [0.25, 0.3) is 11.8 Å². The Hall–Kier alpha value is -2.86. The molecule has 1 heterocycles. The molecule has 0 spiro atoms. The molecule has 6 heteroatoms. The second kappa shape index (κ2) is 7.58. The minimum absolute atomic E-state index is 0.0685. The first-order valence-corrected chi connectivity index (χ1v) is 9.40. The molecule has 1 aliphatic rings. The lowest BCUT2D eigenvalue weighted by Gasteiger charge is -2.26. The molecule has 132 valence electrons. The number of anilines is 1. The van der Waals surface area contributed by atoms with Crippen molar-refractivity contribution in [1.29, 1.82) is 0 Å². The zero-order chi connectivity index (χ0) is 18.7. The number of aryl methyl sites for hydroxylation is 1. The highest BCUT2D eigenvalue weighted by Crippen LogP contribution is 2.23. The highest BCUT2D eigenvalue weighted by atomic mass is 32.2. The summed E-state index contributed by atoms with van der Waals surface area (Å²) in [5.74, 6) is -1.31. The maximum Gasteiger partial charge on any atom is 0.335 e. The monoisotopic (exact) mass is 366 g/mol. The lowest BCUT2D eigenvalue weighted by Crippen LogP contribution is -2.54. The molecule has 3 rings (SSSR count). The molecule has 0 radical (unpaired) electrons. The Labute approximate surface area is 156 Å². The first kappa shape index (κ1) is 17.9. The normalized spacial score (nSPS) is 16.2. The molecule has 1 aliphatic heterocycles. The minimum atomic E-state index is -0.737. The summed E-state index contributed by atoms with van der Waals surface area (Å²) >= 11 is 1.61. The molecule has 0 aliphatic carbocycles. The van der Waals surface area contributed by atoms with Crippen LogP contribution in [0.25, 0.3) is 6.08 Å². The molecular formula is C20H18N2O3S. The standard InChI is InChI=1S/C20H18N2O3S/c1-3-13-4-8-15(9-5-13)22-19(24)17(18(23)21-20(22)25)12-14-6-10-16(26-2)11-7-14/h4-12H,3H2,1-2H3,(H,21,23,25)/b17-12-. The van der Waals surface area contributed by atoms with Gasteiger partial charge in [-0.05, 0) is 54.1 Å². The number of barbiturate groups is 1. The molecule has 1 saturated heterocycles. The SMILES string of the molecule is CCc1ccc(N2C(=O)NC(=O)/C(=C/c3ccc(SC)cc3)C2=O)cc1. The Kier molecular flexibility index (Phi) is 5.23. The first-order chi connectivity index (χ1) is 12.5. The third kappa shape index (κ3) is 3.55. The van der Waals surface area contributed by atoms with Crippen molar-refractivity contribution in [2.75, 3.05) is 11.2 Å². The van der Waals surface area contributed by atoms with E-state index in [4.69, 9.17) is 0 Å². The van der Waals surface area contributed by atoms with E-state index in [0.29, 0.717) is 5.69 Å². The maximum absolute atomic E-state index is 12.8. The number of imide groups is 2. The molecule has 0 saturated carbocycles. The molecule has 0 bridgehead atoms. The quantitative estimate of drug-likeness (QED) is 0.510. The van der Waals surface area contributed by atoms with E-state index >= 15 is 0 Å². The Morgan fingerprint density at radius 2 is 1.65 bits per heavy atom. The van der Waals surface area contributed by atoms with Gasteiger partial charge in [0, 0.05) is 4.90 Å². The van der Waals surface area contributed by atoms with Crippen LogP contribution in [0.1, 0.15) is 18.1 Å². The van der Waals surface area contributed by atoms with Crippen LogP contribution in [0.15, 0.2) is 59.0 Å². The van der Waals surface area contributed by atoms with Crippen LogP contribution in [0.3, 0.4) is 0 Å². The number of urea groups is 1. The number of nitrogens with zero attached hydrogens (tertiary/aromatic N) is 1. The van der Waals surface area contributed by atoms with Crippen molar-refractivity contribution in [2.24, 2.45) is 0 Å². The van der Waals surface area contributed by atoms with Gasteiger partial charge in [0.15, 0.2) is 0 Å². The van der Waals surface area contributed by atoms with Crippen molar-refractivity contribution in [2.45, 2.75) is 18.2 Å². The molecule has 2 aromatic carbocycles. The predicted molar refractivity (Wildman–Crippen MR) is 103 cm³/mol. The number of carbonyl (C=O) groups excluding carboxylic acids is 3. The van der Waals surface area contributed by atoms with Crippen LogP contribution in [0.4, 0.5) is 10.5 Å². The average Bonchev–Trinajstić information content (AvgIpc) is 2.66. The second-order valence-electron chi connectivity index (χ2n) is 5.75. The topological polar surface area (TPSA) is 66.5 Å². The Morgan fingerprint density at radius 3 is 2.23 bits per heavy atom. The van der Waals surface area contributed by atoms with Gasteiger partial charge in [-0.2, -0.15) is 0 Å². The van der Waals surface area contributed by atoms with E-state index in [1.165, 1.54) is 6.08 Å². The van der Waals surface area contributed by atoms with Crippen molar-refractivity contribution in [1.82, 2.24) is 5.32 Å². The lowest BCUT2D eigenvalue weighted by molar-refractivity contribution is -0.122. The third-order valence-corrected chi connectivity index (χ3v) is 4.87. The molecule has 26 heavy (non-hydrogen) atoms. The summed E-state index contributed by atoms with van der Waals surface area (Å²) in [7, 11) is 0.